The maximum atomic E-state index is 6.00. The van der Waals surface area contributed by atoms with Crippen LogP contribution in [0.25, 0.3) is 0 Å². The molecular weight excluding hydrogens is 220 g/mol. The molecule has 16 heavy (non-hydrogen) atoms. The van der Waals surface area contributed by atoms with Crippen LogP contribution in [0.1, 0.15) is 46.5 Å². The molecule has 0 amide bonds. The Morgan fingerprint density at radius 3 is 1.88 bits per heavy atom. The fourth-order valence-electron chi connectivity index (χ4n) is 2.73. The summed E-state index contributed by atoms with van der Waals surface area (Å²) in [5, 5.41) is -0.161. The molecule has 1 rings (SSSR count). The Hall–Kier alpha value is 0.0969. The number of ether oxygens (including phenoxy) is 3. The van der Waals surface area contributed by atoms with Crippen molar-refractivity contribution in [1.29, 1.82) is 0 Å². The monoisotopic (exact) mass is 246 g/mol. The second-order valence-electron chi connectivity index (χ2n) is 4.49. The van der Waals surface area contributed by atoms with Crippen molar-refractivity contribution in [2.24, 2.45) is 0 Å². The maximum absolute atomic E-state index is 6.00. The van der Waals surface area contributed by atoms with E-state index < -0.39 is 5.79 Å². The zero-order valence-corrected chi connectivity index (χ0v) is 13.2. The summed E-state index contributed by atoms with van der Waals surface area (Å²) in [6, 6.07) is 0. The first-order valence-corrected chi connectivity index (χ1v) is 7.56. The zero-order chi connectivity index (χ0) is 12.1. The predicted molar refractivity (Wildman–Crippen MR) is 68.7 cm³/mol. The van der Waals surface area contributed by atoms with E-state index in [1.54, 1.807) is 0 Å². The minimum absolute atomic E-state index is 0.161. The summed E-state index contributed by atoms with van der Waals surface area (Å²) < 4.78 is 17.9. The molecule has 0 aromatic heterocycles. The molecule has 3 nitrogen and oxygen atoms in total. The molecule has 1 unspecified atom stereocenters. The Morgan fingerprint density at radius 1 is 0.875 bits per heavy atom. The number of hydrogen-bond acceptors (Lipinski definition) is 3. The van der Waals surface area contributed by atoms with Crippen LogP contribution in [-0.2, 0) is 14.2 Å². The Balaban J connectivity index is 2.88. The molecule has 1 atom stereocenters. The Labute approximate surface area is 102 Å². The topological polar surface area (TPSA) is 27.7 Å². The lowest BCUT2D eigenvalue weighted by Crippen LogP contribution is -2.61. The van der Waals surface area contributed by atoms with Crippen molar-refractivity contribution in [3.63, 3.8) is 0 Å². The van der Waals surface area contributed by atoms with Gasteiger partial charge in [-0.3, -0.25) is 0 Å². The van der Waals surface area contributed by atoms with E-state index >= 15 is 0 Å². The second kappa shape index (κ2) is 6.14. The van der Waals surface area contributed by atoms with E-state index in [4.69, 9.17) is 14.2 Å². The summed E-state index contributed by atoms with van der Waals surface area (Å²) >= 11 is 0. The highest BCUT2D eigenvalue weighted by Crippen LogP contribution is 2.41. The highest BCUT2D eigenvalue weighted by molar-refractivity contribution is 6.15. The zero-order valence-electron chi connectivity index (χ0n) is 11.2. The molecule has 1 aliphatic rings. The van der Waals surface area contributed by atoms with E-state index in [0.29, 0.717) is 13.2 Å². The van der Waals surface area contributed by atoms with Gasteiger partial charge in [0.05, 0.1) is 10.2 Å². The predicted octanol–water partition coefficient (Wildman–Crippen LogP) is 1.43. The molecule has 1 saturated carbocycles. The lowest BCUT2D eigenvalue weighted by molar-refractivity contribution is -0.316. The quantitative estimate of drug-likeness (QED) is 0.524. The van der Waals surface area contributed by atoms with E-state index in [9.17, 15) is 0 Å². The SMILES string of the molecule is CCOC1([SiH3])CCCCC1(OCC)OCC. The molecule has 0 saturated heterocycles. The molecule has 0 aromatic carbocycles. The Morgan fingerprint density at radius 2 is 1.38 bits per heavy atom. The van der Waals surface area contributed by atoms with Crippen molar-refractivity contribution in [1.82, 2.24) is 0 Å². The lowest BCUT2D eigenvalue weighted by Gasteiger charge is -2.50. The molecule has 0 aliphatic heterocycles. The van der Waals surface area contributed by atoms with Gasteiger partial charge in [0.1, 0.15) is 5.22 Å². The first-order valence-electron chi connectivity index (χ1n) is 6.56. The van der Waals surface area contributed by atoms with Crippen LogP contribution in [0.5, 0.6) is 0 Å². The summed E-state index contributed by atoms with van der Waals surface area (Å²) in [4.78, 5) is 0. The van der Waals surface area contributed by atoms with Crippen LogP contribution in [-0.4, -0.2) is 41.1 Å². The van der Waals surface area contributed by atoms with Crippen molar-refractivity contribution < 1.29 is 14.2 Å². The molecule has 0 bridgehead atoms. The van der Waals surface area contributed by atoms with Gasteiger partial charge < -0.3 is 14.2 Å². The number of hydrogen-bond donors (Lipinski definition) is 0. The molecule has 1 fully saturated rings. The van der Waals surface area contributed by atoms with E-state index in [1.807, 2.05) is 13.8 Å². The van der Waals surface area contributed by atoms with E-state index in [2.05, 4.69) is 6.92 Å². The summed E-state index contributed by atoms with van der Waals surface area (Å²) in [5.41, 5.74) is 0. The van der Waals surface area contributed by atoms with Crippen LogP contribution in [0.3, 0.4) is 0 Å². The van der Waals surface area contributed by atoms with E-state index in [-0.39, 0.29) is 5.22 Å². The standard InChI is InChI=1S/C12H26O3Si/c1-4-13-11(14-5-2)9-7-8-10-12(11,16)15-6-3/h4-10H2,1-3,16H3. The van der Waals surface area contributed by atoms with Crippen molar-refractivity contribution in [2.75, 3.05) is 19.8 Å². The van der Waals surface area contributed by atoms with Crippen LogP contribution in [0, 0.1) is 0 Å². The molecular formula is C12H26O3Si. The molecule has 4 heteroatoms. The van der Waals surface area contributed by atoms with Gasteiger partial charge in [0.2, 0.25) is 0 Å². The minimum atomic E-state index is -0.475. The van der Waals surface area contributed by atoms with E-state index in [1.165, 1.54) is 12.8 Å². The van der Waals surface area contributed by atoms with Gasteiger partial charge in [-0.05, 0) is 33.6 Å². The van der Waals surface area contributed by atoms with Gasteiger partial charge in [-0.1, -0.05) is 6.42 Å². The van der Waals surface area contributed by atoms with Crippen LogP contribution in [0.15, 0.2) is 0 Å². The highest BCUT2D eigenvalue weighted by Gasteiger charge is 2.52. The van der Waals surface area contributed by atoms with Gasteiger partial charge in [-0.2, -0.15) is 0 Å². The first kappa shape index (κ1) is 14.2. The summed E-state index contributed by atoms with van der Waals surface area (Å²) in [6.45, 7) is 8.24. The Bertz CT molecular complexity index is 195. The van der Waals surface area contributed by atoms with Gasteiger partial charge in [-0.25, -0.2) is 0 Å². The third-order valence-corrected chi connectivity index (χ3v) is 4.98. The molecule has 0 aromatic rings. The van der Waals surface area contributed by atoms with Gasteiger partial charge in [0, 0.05) is 26.2 Å². The van der Waals surface area contributed by atoms with E-state index in [0.717, 1.165) is 29.7 Å². The summed E-state index contributed by atoms with van der Waals surface area (Å²) in [5.74, 6) is -0.475. The lowest BCUT2D eigenvalue weighted by atomic mass is 9.89. The molecule has 0 radical (unpaired) electrons. The van der Waals surface area contributed by atoms with Crippen molar-refractivity contribution in [3.05, 3.63) is 0 Å². The first-order chi connectivity index (χ1) is 7.64. The van der Waals surface area contributed by atoms with Crippen molar-refractivity contribution >= 4 is 10.2 Å². The fourth-order valence-corrected chi connectivity index (χ4v) is 3.91. The molecule has 96 valence electrons. The third kappa shape index (κ3) is 2.67. The molecule has 0 N–H and O–H groups in total. The van der Waals surface area contributed by atoms with Gasteiger partial charge in [0.15, 0.2) is 5.79 Å². The maximum Gasteiger partial charge on any atom is 0.193 e. The average molecular weight is 246 g/mol. The normalized spacial score (nSPS) is 29.4. The van der Waals surface area contributed by atoms with Gasteiger partial charge in [0.25, 0.3) is 0 Å². The Kier molecular flexibility index (Phi) is 5.44. The van der Waals surface area contributed by atoms with Gasteiger partial charge >= 0.3 is 0 Å². The molecule has 0 heterocycles. The van der Waals surface area contributed by atoms with Crippen LogP contribution >= 0.6 is 0 Å². The fraction of sp³-hybridized carbons (Fsp3) is 1.00. The molecule has 1 aliphatic carbocycles. The molecule has 0 spiro atoms. The van der Waals surface area contributed by atoms with Gasteiger partial charge in [-0.15, -0.1) is 0 Å². The smallest absolute Gasteiger partial charge is 0.193 e. The van der Waals surface area contributed by atoms with Crippen LogP contribution in [0.2, 0.25) is 0 Å². The second-order valence-corrected chi connectivity index (χ2v) is 6.11. The van der Waals surface area contributed by atoms with Crippen molar-refractivity contribution in [2.45, 2.75) is 57.5 Å². The highest BCUT2D eigenvalue weighted by atomic mass is 28.1. The third-order valence-electron chi connectivity index (χ3n) is 3.43. The van der Waals surface area contributed by atoms with Crippen molar-refractivity contribution in [3.8, 4) is 0 Å². The summed E-state index contributed by atoms with van der Waals surface area (Å²) in [7, 11) is 0.953. The largest absolute Gasteiger partial charge is 0.374 e. The van der Waals surface area contributed by atoms with Crippen LogP contribution < -0.4 is 0 Å². The van der Waals surface area contributed by atoms with Crippen LogP contribution in [0.4, 0.5) is 0 Å². The minimum Gasteiger partial charge on any atom is -0.374 e. The number of rotatable bonds is 6. The average Bonchev–Trinajstić information content (AvgIpc) is 2.24. The summed E-state index contributed by atoms with van der Waals surface area (Å²) in [6.07, 6.45) is 4.45.